The summed E-state index contributed by atoms with van der Waals surface area (Å²) in [6.07, 6.45) is 5.52. The normalized spacial score (nSPS) is 16.3. The molecular formula is C29H47N3O4. The van der Waals surface area contributed by atoms with Crippen LogP contribution in [0.5, 0.6) is 0 Å². The van der Waals surface area contributed by atoms with Crippen molar-refractivity contribution >= 4 is 17.9 Å². The van der Waals surface area contributed by atoms with Crippen molar-refractivity contribution in [3.8, 4) is 0 Å². The molecule has 0 aromatic heterocycles. The zero-order chi connectivity index (χ0) is 26.9. The van der Waals surface area contributed by atoms with Crippen molar-refractivity contribution in [2.75, 3.05) is 6.54 Å². The first-order valence-corrected chi connectivity index (χ1v) is 13.7. The van der Waals surface area contributed by atoms with Gasteiger partial charge < -0.3 is 20.3 Å². The van der Waals surface area contributed by atoms with E-state index in [1.54, 1.807) is 25.7 Å². The van der Waals surface area contributed by atoms with E-state index in [4.69, 9.17) is 4.74 Å². The van der Waals surface area contributed by atoms with Gasteiger partial charge in [-0.05, 0) is 69.9 Å². The van der Waals surface area contributed by atoms with E-state index in [2.05, 4.69) is 24.5 Å². The molecule has 1 aromatic rings. The number of alkyl carbamates (subject to hydrolysis) is 1. The molecule has 0 aliphatic heterocycles. The monoisotopic (exact) mass is 501 g/mol. The Hall–Kier alpha value is -2.57. The Morgan fingerprint density at radius 2 is 1.72 bits per heavy atom. The molecular weight excluding hydrogens is 454 g/mol. The van der Waals surface area contributed by atoms with Crippen LogP contribution in [0.15, 0.2) is 24.3 Å². The number of benzene rings is 1. The van der Waals surface area contributed by atoms with Crippen LogP contribution in [-0.2, 0) is 20.7 Å². The van der Waals surface area contributed by atoms with Gasteiger partial charge >= 0.3 is 6.09 Å². The highest BCUT2D eigenvalue weighted by molar-refractivity contribution is 5.92. The summed E-state index contributed by atoms with van der Waals surface area (Å²) in [4.78, 5) is 42.3. The highest BCUT2D eigenvalue weighted by Gasteiger charge is 2.43. The van der Waals surface area contributed by atoms with Crippen molar-refractivity contribution in [1.29, 1.82) is 0 Å². The van der Waals surface area contributed by atoms with Crippen LogP contribution in [0.3, 0.4) is 0 Å². The van der Waals surface area contributed by atoms with Crippen LogP contribution < -0.4 is 10.6 Å². The molecule has 3 unspecified atom stereocenters. The van der Waals surface area contributed by atoms with Crippen LogP contribution >= 0.6 is 0 Å². The Balaban J connectivity index is 2.47. The summed E-state index contributed by atoms with van der Waals surface area (Å²) in [6.45, 7) is 14.1. The van der Waals surface area contributed by atoms with Gasteiger partial charge in [-0.15, -0.1) is 0 Å². The molecule has 3 atom stereocenters. The van der Waals surface area contributed by atoms with E-state index < -0.39 is 23.8 Å². The number of hydrogen-bond donors (Lipinski definition) is 2. The average molecular weight is 502 g/mol. The summed E-state index contributed by atoms with van der Waals surface area (Å²) in [5.74, 6) is -0.526. The number of carbonyl (C=O) groups is 3. The van der Waals surface area contributed by atoms with E-state index >= 15 is 0 Å². The van der Waals surface area contributed by atoms with E-state index in [-0.39, 0.29) is 23.8 Å². The minimum Gasteiger partial charge on any atom is -0.444 e. The summed E-state index contributed by atoms with van der Waals surface area (Å²) in [5, 5.41) is 5.90. The number of hydrogen-bond acceptors (Lipinski definition) is 4. The lowest BCUT2D eigenvalue weighted by Gasteiger charge is -2.44. The number of unbranched alkanes of at least 4 members (excludes halogenated alkanes) is 1. The fourth-order valence-electron chi connectivity index (χ4n) is 4.32. The average Bonchev–Trinajstić information content (AvgIpc) is 2.79. The zero-order valence-corrected chi connectivity index (χ0v) is 23.4. The molecule has 0 bridgehead atoms. The molecule has 7 heteroatoms. The van der Waals surface area contributed by atoms with E-state index in [0.717, 1.165) is 44.1 Å². The molecule has 2 rings (SSSR count). The summed E-state index contributed by atoms with van der Waals surface area (Å²) >= 11 is 0. The highest BCUT2D eigenvalue weighted by atomic mass is 16.6. The topological polar surface area (TPSA) is 87.7 Å². The number of carbonyl (C=O) groups excluding carboxylic acids is 3. The number of aryl methyl sites for hydroxylation is 1. The first-order valence-electron chi connectivity index (χ1n) is 13.7. The van der Waals surface area contributed by atoms with Crippen LogP contribution in [0.4, 0.5) is 4.79 Å². The number of amides is 3. The quantitative estimate of drug-likeness (QED) is 0.369. The SMILES string of the molecule is CCCCNC(=O)C(c1ccc(CC)cc1)N(C(=O)C(NC(=O)OC(C)(C)C)C(C)CC)C1CCC1. The number of nitrogens with zero attached hydrogens (tertiary/aromatic N) is 1. The summed E-state index contributed by atoms with van der Waals surface area (Å²) < 4.78 is 5.48. The lowest BCUT2D eigenvalue weighted by atomic mass is 9.86. The van der Waals surface area contributed by atoms with Gasteiger partial charge in [0.25, 0.3) is 0 Å². The van der Waals surface area contributed by atoms with Crippen molar-refractivity contribution in [3.05, 3.63) is 35.4 Å². The minimum atomic E-state index is -0.786. The molecule has 0 radical (unpaired) electrons. The molecule has 7 nitrogen and oxygen atoms in total. The summed E-state index contributed by atoms with van der Waals surface area (Å²) in [5.41, 5.74) is 1.29. The Bertz CT molecular complexity index is 858. The maximum atomic E-state index is 14.2. The molecule has 202 valence electrons. The minimum absolute atomic E-state index is 0.0442. The van der Waals surface area contributed by atoms with Gasteiger partial charge in [0.05, 0.1) is 0 Å². The second-order valence-corrected chi connectivity index (χ2v) is 11.0. The molecule has 0 saturated heterocycles. The van der Waals surface area contributed by atoms with E-state index in [0.29, 0.717) is 13.0 Å². The molecule has 1 fully saturated rings. The first-order chi connectivity index (χ1) is 17.0. The third-order valence-corrected chi connectivity index (χ3v) is 6.93. The molecule has 0 heterocycles. The van der Waals surface area contributed by atoms with E-state index in [1.807, 2.05) is 38.1 Å². The van der Waals surface area contributed by atoms with Gasteiger partial charge in [-0.3, -0.25) is 9.59 Å². The predicted molar refractivity (Wildman–Crippen MR) is 144 cm³/mol. The van der Waals surface area contributed by atoms with Crippen molar-refractivity contribution < 1.29 is 19.1 Å². The van der Waals surface area contributed by atoms with Crippen molar-refractivity contribution in [3.63, 3.8) is 0 Å². The van der Waals surface area contributed by atoms with Crippen LogP contribution in [0.2, 0.25) is 0 Å². The third-order valence-electron chi connectivity index (χ3n) is 6.93. The second kappa shape index (κ2) is 13.7. The Morgan fingerprint density at radius 1 is 1.08 bits per heavy atom. The lowest BCUT2D eigenvalue weighted by molar-refractivity contribution is -0.148. The number of nitrogens with one attached hydrogen (secondary N) is 2. The predicted octanol–water partition coefficient (Wildman–Crippen LogP) is 5.53. The smallest absolute Gasteiger partial charge is 0.408 e. The first kappa shape index (κ1) is 29.7. The molecule has 1 aromatic carbocycles. The van der Waals surface area contributed by atoms with E-state index in [9.17, 15) is 14.4 Å². The van der Waals surface area contributed by atoms with Crippen LogP contribution in [-0.4, -0.2) is 47.0 Å². The molecule has 1 aliphatic carbocycles. The fourth-order valence-corrected chi connectivity index (χ4v) is 4.32. The number of ether oxygens (including phenoxy) is 1. The Morgan fingerprint density at radius 3 is 2.19 bits per heavy atom. The van der Waals surface area contributed by atoms with Crippen molar-refractivity contribution in [2.45, 2.75) is 117 Å². The third kappa shape index (κ3) is 8.24. The zero-order valence-electron chi connectivity index (χ0n) is 23.4. The van der Waals surface area contributed by atoms with Crippen molar-refractivity contribution in [2.24, 2.45) is 5.92 Å². The van der Waals surface area contributed by atoms with Gasteiger partial charge in [-0.2, -0.15) is 0 Å². The maximum absolute atomic E-state index is 14.2. The largest absolute Gasteiger partial charge is 0.444 e. The van der Waals surface area contributed by atoms with E-state index in [1.165, 1.54) is 5.56 Å². The fraction of sp³-hybridized carbons (Fsp3) is 0.690. The van der Waals surface area contributed by atoms with Crippen LogP contribution in [0, 0.1) is 5.92 Å². The van der Waals surface area contributed by atoms with Gasteiger partial charge in [0.15, 0.2) is 0 Å². The van der Waals surface area contributed by atoms with Crippen LogP contribution in [0.1, 0.15) is 104 Å². The molecule has 0 spiro atoms. The molecule has 1 saturated carbocycles. The molecule has 36 heavy (non-hydrogen) atoms. The molecule has 3 amide bonds. The Kier molecular flexibility index (Phi) is 11.3. The maximum Gasteiger partial charge on any atom is 0.408 e. The number of rotatable bonds is 12. The molecule has 1 aliphatic rings. The summed E-state index contributed by atoms with van der Waals surface area (Å²) in [7, 11) is 0. The highest BCUT2D eigenvalue weighted by Crippen LogP contribution is 2.34. The van der Waals surface area contributed by atoms with Gasteiger partial charge in [0, 0.05) is 12.6 Å². The summed E-state index contributed by atoms with van der Waals surface area (Å²) in [6, 6.07) is 6.39. The van der Waals surface area contributed by atoms with Gasteiger partial charge in [0.1, 0.15) is 17.7 Å². The van der Waals surface area contributed by atoms with Crippen LogP contribution in [0.25, 0.3) is 0 Å². The van der Waals surface area contributed by atoms with Crippen molar-refractivity contribution in [1.82, 2.24) is 15.5 Å². The van der Waals surface area contributed by atoms with Gasteiger partial charge in [-0.1, -0.05) is 64.8 Å². The van der Waals surface area contributed by atoms with Gasteiger partial charge in [0.2, 0.25) is 11.8 Å². The lowest BCUT2D eigenvalue weighted by Crippen LogP contribution is -2.59. The standard InChI is InChI=1S/C29H47N3O4/c1-8-11-19-30-26(33)25(22-17-15-21(10-3)16-18-22)32(23-13-12-14-23)27(34)24(20(4)9-2)31-28(35)36-29(5,6)7/h15-18,20,23-25H,8-14,19H2,1-7H3,(H,30,33)(H,31,35). The van der Waals surface area contributed by atoms with Gasteiger partial charge in [-0.25, -0.2) is 4.79 Å². The molecule has 2 N–H and O–H groups in total. The Labute approximate surface area is 217 Å². The second-order valence-electron chi connectivity index (χ2n) is 11.0.